The summed E-state index contributed by atoms with van der Waals surface area (Å²) in [5, 5.41) is -4.74. The van der Waals surface area contributed by atoms with Crippen LogP contribution in [0.1, 0.15) is 0 Å². The first-order valence-corrected chi connectivity index (χ1v) is 6.57. The van der Waals surface area contributed by atoms with Gasteiger partial charge < -0.3 is 0 Å². The van der Waals surface area contributed by atoms with Gasteiger partial charge in [-0.25, -0.2) is 0 Å². The Morgan fingerprint density at radius 2 is 1.00 bits per heavy atom. The number of alkyl halides is 6. The zero-order valence-electron chi connectivity index (χ0n) is 5.91. The van der Waals surface area contributed by atoms with Gasteiger partial charge in [-0.2, -0.15) is 0 Å². The molecular formula is C4H4F6O2Se. The second kappa shape index (κ2) is 3.45. The minimum atomic E-state index is -5.90. The van der Waals surface area contributed by atoms with Gasteiger partial charge in [0.05, 0.1) is 0 Å². The molecule has 80 valence electrons. The van der Waals surface area contributed by atoms with Crippen LogP contribution in [0.25, 0.3) is 0 Å². The van der Waals surface area contributed by atoms with Crippen LogP contribution in [-0.4, -0.2) is 25.1 Å². The fourth-order valence-corrected chi connectivity index (χ4v) is 2.86. The van der Waals surface area contributed by atoms with Crippen molar-refractivity contribution in [2.45, 2.75) is 23.0 Å². The van der Waals surface area contributed by atoms with Crippen molar-refractivity contribution in [2.75, 3.05) is 0 Å². The summed E-state index contributed by atoms with van der Waals surface area (Å²) < 4.78 is 89.0. The average molecular weight is 277 g/mol. The van der Waals surface area contributed by atoms with Crippen molar-refractivity contribution in [3.05, 3.63) is 0 Å². The van der Waals surface area contributed by atoms with E-state index >= 15 is 0 Å². The predicted octanol–water partition coefficient (Wildman–Crippen LogP) is 2.41. The third kappa shape index (κ3) is 8.04. The Labute approximate surface area is 70.5 Å². The van der Waals surface area contributed by atoms with E-state index in [0.29, 0.717) is 0 Å². The molecule has 0 aromatic rings. The first kappa shape index (κ1) is 12.7. The molecule has 2 nitrogen and oxygen atoms in total. The monoisotopic (exact) mass is 278 g/mol. The van der Waals surface area contributed by atoms with Crippen molar-refractivity contribution in [2.24, 2.45) is 0 Å². The van der Waals surface area contributed by atoms with Crippen LogP contribution < -0.4 is 0 Å². The summed E-state index contributed by atoms with van der Waals surface area (Å²) >= 11 is -5.90. The third-order valence-corrected chi connectivity index (χ3v) is 3.99. The molecule has 0 aromatic heterocycles. The molecule has 0 aliphatic heterocycles. The van der Waals surface area contributed by atoms with Crippen molar-refractivity contribution in [1.82, 2.24) is 0 Å². The van der Waals surface area contributed by atoms with Gasteiger partial charge in [0.15, 0.2) is 0 Å². The van der Waals surface area contributed by atoms with E-state index in [-0.39, 0.29) is 0 Å². The maximum atomic E-state index is 11.4. The topological polar surface area (TPSA) is 34.1 Å². The summed E-state index contributed by atoms with van der Waals surface area (Å²) in [4.78, 5) is 0. The minimum absolute atomic E-state index is 2.37. The zero-order chi connectivity index (χ0) is 10.9. The molecule has 0 rings (SSSR count). The summed E-state index contributed by atoms with van der Waals surface area (Å²) in [6, 6.07) is 0. The molecule has 0 unspecified atom stereocenters. The van der Waals surface area contributed by atoms with Crippen LogP contribution in [0.2, 0.25) is 10.6 Å². The van der Waals surface area contributed by atoms with E-state index in [2.05, 4.69) is 0 Å². The number of hydrogen-bond acceptors (Lipinski definition) is 2. The number of halogens is 6. The Hall–Kier alpha value is -0.301. The van der Waals surface area contributed by atoms with E-state index < -0.39 is 35.7 Å². The molecule has 0 heterocycles. The zero-order valence-corrected chi connectivity index (χ0v) is 7.62. The number of rotatable bonds is 2. The van der Waals surface area contributed by atoms with Crippen LogP contribution in [0.3, 0.4) is 0 Å². The normalized spacial score (nSPS) is 14.6. The van der Waals surface area contributed by atoms with Crippen LogP contribution in [0.5, 0.6) is 0 Å². The summed E-state index contributed by atoms with van der Waals surface area (Å²) in [6.07, 6.45) is -10.2. The Morgan fingerprint density at radius 3 is 1.15 bits per heavy atom. The molecule has 0 radical (unpaired) electrons. The molecule has 0 N–H and O–H groups in total. The second-order valence-electron chi connectivity index (χ2n) is 2.26. The Balaban J connectivity index is 4.46. The standard InChI is InChI=1S/C4H4F6O2Se/c5-3(6,7)1-13(11,12)2-4(8,9)10/h1-2H2. The fourth-order valence-electron chi connectivity index (χ4n) is 0.550. The van der Waals surface area contributed by atoms with Gasteiger partial charge >= 0.3 is 69.7 Å². The van der Waals surface area contributed by atoms with Gasteiger partial charge in [-0.3, -0.25) is 0 Å². The quantitative estimate of drug-likeness (QED) is 0.573. The molecule has 0 fully saturated rings. The van der Waals surface area contributed by atoms with Gasteiger partial charge in [0.1, 0.15) is 0 Å². The van der Waals surface area contributed by atoms with Gasteiger partial charge in [-0.15, -0.1) is 0 Å². The Kier molecular flexibility index (Phi) is 3.37. The molecule has 0 aliphatic carbocycles. The molecule has 0 saturated heterocycles. The number of hydrogen-bond donors (Lipinski definition) is 0. The molecule has 0 bridgehead atoms. The summed E-state index contributed by atoms with van der Waals surface area (Å²) in [5.74, 6) is 0. The molecule has 0 aliphatic rings. The summed E-state index contributed by atoms with van der Waals surface area (Å²) in [6.45, 7) is 0. The molecule has 0 saturated carbocycles. The first-order chi connectivity index (χ1) is 5.41. The molecular weight excluding hydrogens is 273 g/mol. The van der Waals surface area contributed by atoms with E-state index in [0.717, 1.165) is 0 Å². The van der Waals surface area contributed by atoms with Gasteiger partial charge in [-0.1, -0.05) is 0 Å². The van der Waals surface area contributed by atoms with Crippen molar-refractivity contribution < 1.29 is 34.0 Å². The molecule has 0 atom stereocenters. The Morgan fingerprint density at radius 1 is 0.769 bits per heavy atom. The molecule has 0 aromatic carbocycles. The maximum absolute atomic E-state index is 11.4. The van der Waals surface area contributed by atoms with E-state index in [9.17, 15) is 34.0 Å². The summed E-state index contributed by atoms with van der Waals surface area (Å²) in [7, 11) is 0. The van der Waals surface area contributed by atoms with Crippen molar-refractivity contribution in [1.29, 1.82) is 0 Å². The van der Waals surface area contributed by atoms with E-state index in [1.165, 1.54) is 0 Å². The van der Waals surface area contributed by atoms with E-state index in [4.69, 9.17) is 0 Å². The van der Waals surface area contributed by atoms with Gasteiger partial charge in [0.2, 0.25) is 0 Å². The second-order valence-corrected chi connectivity index (χ2v) is 6.59. The van der Waals surface area contributed by atoms with Crippen molar-refractivity contribution >= 4 is 12.7 Å². The van der Waals surface area contributed by atoms with Crippen LogP contribution >= 0.6 is 0 Å². The van der Waals surface area contributed by atoms with Gasteiger partial charge in [0, 0.05) is 0 Å². The van der Waals surface area contributed by atoms with E-state index in [1.54, 1.807) is 0 Å². The molecule has 0 amide bonds. The van der Waals surface area contributed by atoms with Crippen LogP contribution in [0.15, 0.2) is 0 Å². The SMILES string of the molecule is O=[Se](=O)(CC(F)(F)F)CC(F)(F)F. The molecule has 13 heavy (non-hydrogen) atoms. The van der Waals surface area contributed by atoms with Crippen LogP contribution in [-0.2, 0) is 7.67 Å². The fraction of sp³-hybridized carbons (Fsp3) is 1.00. The first-order valence-electron chi connectivity index (χ1n) is 2.75. The van der Waals surface area contributed by atoms with Gasteiger partial charge in [0.25, 0.3) is 0 Å². The van der Waals surface area contributed by atoms with Crippen molar-refractivity contribution in [3.8, 4) is 0 Å². The average Bonchev–Trinajstić information content (AvgIpc) is 1.43. The molecule has 9 heteroatoms. The third-order valence-electron chi connectivity index (χ3n) is 0.767. The Bertz CT molecular complexity index is 237. The predicted molar refractivity (Wildman–Crippen MR) is 28.9 cm³/mol. The summed E-state index contributed by atoms with van der Waals surface area (Å²) in [5.41, 5.74) is 0. The van der Waals surface area contributed by atoms with Crippen LogP contribution in [0.4, 0.5) is 26.3 Å². The molecule has 0 spiro atoms. The van der Waals surface area contributed by atoms with Gasteiger partial charge in [-0.05, 0) is 0 Å². The van der Waals surface area contributed by atoms with E-state index in [1.807, 2.05) is 0 Å². The van der Waals surface area contributed by atoms with Crippen LogP contribution in [0, 0.1) is 0 Å². The van der Waals surface area contributed by atoms with Crippen molar-refractivity contribution in [3.63, 3.8) is 0 Å².